The molecule has 0 fully saturated rings. The molecule has 3 aromatic carbocycles. The summed E-state index contributed by atoms with van der Waals surface area (Å²) in [7, 11) is 3.28. The fraction of sp³-hybridized carbons (Fsp3) is 0.240. The summed E-state index contributed by atoms with van der Waals surface area (Å²) >= 11 is 7.38. The van der Waals surface area contributed by atoms with Crippen molar-refractivity contribution in [3.63, 3.8) is 0 Å². The van der Waals surface area contributed by atoms with E-state index in [0.29, 0.717) is 16.6 Å². The van der Waals surface area contributed by atoms with Crippen LogP contribution < -0.4 is 20.1 Å². The third kappa shape index (κ3) is 6.64. The van der Waals surface area contributed by atoms with Crippen LogP contribution >= 0.6 is 24.0 Å². The number of hydrogen-bond acceptors (Lipinski definition) is 4. The van der Waals surface area contributed by atoms with Gasteiger partial charge >= 0.3 is 0 Å². The van der Waals surface area contributed by atoms with Gasteiger partial charge in [-0.3, -0.25) is 0 Å². The van der Waals surface area contributed by atoms with Gasteiger partial charge in [0, 0.05) is 16.3 Å². The minimum Gasteiger partial charge on any atom is -0.493 e. The monoisotopic (exact) mass is 452 g/mol. The molecule has 0 saturated heterocycles. The van der Waals surface area contributed by atoms with Crippen molar-refractivity contribution in [2.24, 2.45) is 0 Å². The predicted molar refractivity (Wildman–Crippen MR) is 134 cm³/mol. The van der Waals surface area contributed by atoms with E-state index in [1.54, 1.807) is 14.2 Å². The number of nitrogens with one attached hydrogen (secondary N) is 2. The third-order valence-corrected chi connectivity index (χ3v) is 6.19. The van der Waals surface area contributed by atoms with E-state index in [1.165, 1.54) is 10.5 Å². The highest BCUT2D eigenvalue weighted by Crippen LogP contribution is 2.31. The normalized spacial score (nSPS) is 11.5. The highest BCUT2D eigenvalue weighted by atomic mass is 32.2. The van der Waals surface area contributed by atoms with Gasteiger partial charge in [-0.25, -0.2) is 0 Å². The van der Waals surface area contributed by atoms with Gasteiger partial charge in [-0.15, -0.1) is 11.8 Å². The lowest BCUT2D eigenvalue weighted by atomic mass is 10.0. The molecule has 4 nitrogen and oxygen atoms in total. The van der Waals surface area contributed by atoms with E-state index in [0.717, 1.165) is 23.4 Å². The second-order valence-corrected chi connectivity index (χ2v) is 8.43. The summed E-state index contributed by atoms with van der Waals surface area (Å²) in [6, 6.07) is 24.8. The van der Waals surface area contributed by atoms with Crippen molar-refractivity contribution >= 4 is 34.8 Å². The van der Waals surface area contributed by atoms with E-state index in [1.807, 2.05) is 36.0 Å². The van der Waals surface area contributed by atoms with Gasteiger partial charge in [-0.2, -0.15) is 0 Å². The van der Waals surface area contributed by atoms with E-state index in [4.69, 9.17) is 21.7 Å². The zero-order chi connectivity index (χ0) is 22.1. The van der Waals surface area contributed by atoms with E-state index >= 15 is 0 Å². The summed E-state index contributed by atoms with van der Waals surface area (Å²) in [5.74, 6) is 2.36. The lowest BCUT2D eigenvalue weighted by Gasteiger charge is -2.21. The van der Waals surface area contributed by atoms with Crippen molar-refractivity contribution in [1.82, 2.24) is 5.32 Å². The van der Waals surface area contributed by atoms with Gasteiger partial charge in [0.25, 0.3) is 0 Å². The van der Waals surface area contributed by atoms with E-state index in [-0.39, 0.29) is 6.04 Å². The van der Waals surface area contributed by atoms with Gasteiger partial charge in [0.15, 0.2) is 16.6 Å². The maximum Gasteiger partial charge on any atom is 0.171 e. The minimum atomic E-state index is 0.0707. The molecule has 0 aliphatic rings. The van der Waals surface area contributed by atoms with Crippen LogP contribution in [0.5, 0.6) is 11.5 Å². The van der Waals surface area contributed by atoms with Crippen LogP contribution in [0.4, 0.5) is 5.69 Å². The fourth-order valence-electron chi connectivity index (χ4n) is 3.18. The number of methoxy groups -OCH3 is 2. The third-order valence-electron chi connectivity index (χ3n) is 4.88. The van der Waals surface area contributed by atoms with Gasteiger partial charge in [0.1, 0.15) is 0 Å². The summed E-state index contributed by atoms with van der Waals surface area (Å²) < 4.78 is 10.8. The maximum atomic E-state index is 5.55. The number of ether oxygens (including phenoxy) is 2. The Morgan fingerprint density at radius 1 is 0.935 bits per heavy atom. The molecule has 0 heterocycles. The van der Waals surface area contributed by atoms with Crippen LogP contribution in [-0.2, 0) is 5.75 Å². The Morgan fingerprint density at radius 3 is 2.29 bits per heavy atom. The number of anilines is 1. The number of rotatable bonds is 9. The summed E-state index contributed by atoms with van der Waals surface area (Å²) in [4.78, 5) is 1.27. The maximum absolute atomic E-state index is 5.55. The zero-order valence-corrected chi connectivity index (χ0v) is 19.7. The predicted octanol–water partition coefficient (Wildman–Crippen LogP) is 6.43. The average molecular weight is 453 g/mol. The van der Waals surface area contributed by atoms with Crippen LogP contribution in [0.2, 0.25) is 0 Å². The molecule has 0 amide bonds. The van der Waals surface area contributed by atoms with Crippen molar-refractivity contribution in [3.8, 4) is 11.5 Å². The van der Waals surface area contributed by atoms with Crippen LogP contribution in [0.25, 0.3) is 0 Å². The summed E-state index contributed by atoms with van der Waals surface area (Å²) in [6.07, 6.45) is 0.882. The van der Waals surface area contributed by atoms with Crippen LogP contribution in [0.3, 0.4) is 0 Å². The first-order chi connectivity index (χ1) is 15.1. The lowest BCUT2D eigenvalue weighted by molar-refractivity contribution is 0.354. The van der Waals surface area contributed by atoms with Gasteiger partial charge in [0.2, 0.25) is 0 Å². The molecule has 1 atom stereocenters. The Morgan fingerprint density at radius 2 is 1.65 bits per heavy atom. The lowest BCUT2D eigenvalue weighted by Crippen LogP contribution is -2.32. The minimum absolute atomic E-state index is 0.0707. The Balaban J connectivity index is 1.56. The smallest absolute Gasteiger partial charge is 0.171 e. The van der Waals surface area contributed by atoms with Gasteiger partial charge < -0.3 is 20.1 Å². The molecule has 3 rings (SSSR count). The van der Waals surface area contributed by atoms with Crippen molar-refractivity contribution in [3.05, 3.63) is 83.9 Å². The molecule has 0 saturated carbocycles. The fourth-order valence-corrected chi connectivity index (χ4v) is 4.32. The Bertz CT molecular complexity index is 979. The highest BCUT2D eigenvalue weighted by molar-refractivity contribution is 7.98. The number of thiocarbonyl (C=S) groups is 1. The largest absolute Gasteiger partial charge is 0.493 e. The van der Waals surface area contributed by atoms with Crippen molar-refractivity contribution < 1.29 is 9.47 Å². The number of benzene rings is 3. The first-order valence-corrected chi connectivity index (χ1v) is 11.6. The van der Waals surface area contributed by atoms with Crippen LogP contribution in [0.1, 0.15) is 30.5 Å². The van der Waals surface area contributed by atoms with Gasteiger partial charge in [-0.05, 0) is 66.2 Å². The number of hydrogen-bond donors (Lipinski definition) is 2. The molecule has 0 aliphatic heterocycles. The van der Waals surface area contributed by atoms with E-state index < -0.39 is 0 Å². The molecule has 2 N–H and O–H groups in total. The summed E-state index contributed by atoms with van der Waals surface area (Å²) in [5, 5.41) is 7.28. The molecule has 0 spiro atoms. The Labute approximate surface area is 194 Å². The molecule has 0 radical (unpaired) electrons. The van der Waals surface area contributed by atoms with Crippen molar-refractivity contribution in [2.75, 3.05) is 19.5 Å². The molecule has 162 valence electrons. The van der Waals surface area contributed by atoms with Crippen molar-refractivity contribution in [1.29, 1.82) is 0 Å². The second-order valence-electron chi connectivity index (χ2n) is 6.97. The molecule has 0 aliphatic carbocycles. The SMILES string of the molecule is CC[C@H](NC(=S)Nc1ccc(CSc2ccccc2)cc1)c1ccc(OC)c(OC)c1. The standard InChI is InChI=1S/C25H28N2O2S2/c1-4-22(19-12-15-23(28-2)24(16-19)29-3)27-25(30)26-20-13-10-18(11-14-20)17-31-21-8-6-5-7-9-21/h5-16,22H,4,17H2,1-3H3,(H2,26,27,30)/t22-/m0/s1. The molecule has 3 aromatic rings. The van der Waals surface area contributed by atoms with Crippen LogP contribution in [0, 0.1) is 0 Å². The first kappa shape index (κ1) is 23.0. The van der Waals surface area contributed by atoms with Crippen LogP contribution in [0.15, 0.2) is 77.7 Å². The highest BCUT2D eigenvalue weighted by Gasteiger charge is 2.14. The molecular formula is C25H28N2O2S2. The van der Waals surface area contributed by atoms with Gasteiger partial charge in [-0.1, -0.05) is 43.3 Å². The molecule has 0 unspecified atom stereocenters. The second kappa shape index (κ2) is 11.6. The summed E-state index contributed by atoms with van der Waals surface area (Å²) in [6.45, 7) is 2.12. The Hall–Kier alpha value is -2.70. The topological polar surface area (TPSA) is 42.5 Å². The quantitative estimate of drug-likeness (QED) is 0.288. The average Bonchev–Trinajstić information content (AvgIpc) is 2.82. The Kier molecular flexibility index (Phi) is 8.62. The van der Waals surface area contributed by atoms with Gasteiger partial charge in [0.05, 0.1) is 20.3 Å². The molecule has 6 heteroatoms. The molecule has 31 heavy (non-hydrogen) atoms. The molecule has 0 bridgehead atoms. The zero-order valence-electron chi connectivity index (χ0n) is 18.1. The molecular weight excluding hydrogens is 424 g/mol. The van der Waals surface area contributed by atoms with Crippen molar-refractivity contribution in [2.45, 2.75) is 30.0 Å². The molecule has 0 aromatic heterocycles. The van der Waals surface area contributed by atoms with E-state index in [9.17, 15) is 0 Å². The van der Waals surface area contributed by atoms with E-state index in [2.05, 4.69) is 66.1 Å². The van der Waals surface area contributed by atoms with Crippen LogP contribution in [-0.4, -0.2) is 19.3 Å². The number of thioether (sulfide) groups is 1. The first-order valence-electron chi connectivity index (χ1n) is 10.2. The summed E-state index contributed by atoms with van der Waals surface area (Å²) in [5.41, 5.74) is 3.33.